The highest BCUT2D eigenvalue weighted by atomic mass is 16.6. The van der Waals surface area contributed by atoms with Crippen LogP contribution in [0, 0.1) is 22.7 Å². The van der Waals surface area contributed by atoms with Gasteiger partial charge in [0.2, 0.25) is 0 Å². The van der Waals surface area contributed by atoms with Gasteiger partial charge in [-0.1, -0.05) is 18.2 Å². The number of likely N-dealkylation sites (N-methyl/N-ethyl adjacent to an activating group) is 1. The molecule has 1 aromatic carbocycles. The number of piperidine rings is 1. The Morgan fingerprint density at radius 1 is 1.38 bits per heavy atom. The summed E-state index contributed by atoms with van der Waals surface area (Å²) in [5.74, 6) is 0.588. The van der Waals surface area contributed by atoms with Crippen molar-refractivity contribution in [2.24, 2.45) is 11.3 Å². The molecule has 2 heterocycles. The van der Waals surface area contributed by atoms with Crippen molar-refractivity contribution < 1.29 is 14.6 Å². The molecule has 26 heavy (non-hydrogen) atoms. The van der Waals surface area contributed by atoms with Gasteiger partial charge in [0.15, 0.2) is 11.5 Å². The number of nitrogens with zero attached hydrogens (tertiary/aromatic N) is 2. The van der Waals surface area contributed by atoms with E-state index in [9.17, 15) is 10.4 Å². The lowest BCUT2D eigenvalue weighted by atomic mass is 9.37. The molecule has 134 valence electrons. The van der Waals surface area contributed by atoms with E-state index in [4.69, 9.17) is 9.47 Å². The molecule has 1 aromatic rings. The average Bonchev–Trinajstić information content (AvgIpc) is 3.03. The summed E-state index contributed by atoms with van der Waals surface area (Å²) in [6, 6.07) is 6.68. The van der Waals surface area contributed by atoms with E-state index in [1.807, 2.05) is 0 Å². The number of hydrogen-bond donors (Lipinski definition) is 1. The van der Waals surface area contributed by atoms with E-state index in [1.54, 1.807) is 13.2 Å². The van der Waals surface area contributed by atoms with E-state index in [1.165, 1.54) is 11.1 Å². The summed E-state index contributed by atoms with van der Waals surface area (Å²) in [4.78, 5) is 2.46. The molecular weight excluding hydrogens is 328 g/mol. The van der Waals surface area contributed by atoms with Crippen LogP contribution in [0.1, 0.15) is 24.0 Å². The summed E-state index contributed by atoms with van der Waals surface area (Å²) in [5.41, 5.74) is 1.36. The largest absolute Gasteiger partial charge is 0.504 e. The molecule has 0 radical (unpaired) electrons. The van der Waals surface area contributed by atoms with E-state index >= 15 is 0 Å². The molecule has 6 aliphatic rings. The number of nitriles is 1. The molecule has 2 spiro atoms. The minimum Gasteiger partial charge on any atom is -0.504 e. The Bertz CT molecular complexity index is 921. The molecule has 5 heteroatoms. The lowest BCUT2D eigenvalue weighted by molar-refractivity contribution is -0.203. The first-order valence-corrected chi connectivity index (χ1v) is 9.41. The summed E-state index contributed by atoms with van der Waals surface area (Å²) in [5, 5.41) is 20.5. The smallest absolute Gasteiger partial charge is 0.165 e. The fraction of sp³-hybridized carbons (Fsp3) is 0.571. The van der Waals surface area contributed by atoms with Gasteiger partial charge in [0.05, 0.1) is 17.4 Å². The number of ether oxygens (including phenoxy) is 2. The highest BCUT2D eigenvalue weighted by Gasteiger charge is 2.79. The number of fused-ring (bicyclic) bond motifs is 1. The molecular formula is C21H22N2O3. The summed E-state index contributed by atoms with van der Waals surface area (Å²) in [7, 11) is 3.89. The van der Waals surface area contributed by atoms with Gasteiger partial charge >= 0.3 is 0 Å². The summed E-state index contributed by atoms with van der Waals surface area (Å²) < 4.78 is 12.6. The molecule has 0 aromatic heterocycles. The van der Waals surface area contributed by atoms with Crippen molar-refractivity contribution in [3.05, 3.63) is 35.4 Å². The maximum Gasteiger partial charge on any atom is 0.165 e. The van der Waals surface area contributed by atoms with Gasteiger partial charge in [0.1, 0.15) is 11.7 Å². The summed E-state index contributed by atoms with van der Waals surface area (Å²) in [6.07, 6.45) is 6.86. The molecule has 4 bridgehead atoms. The first kappa shape index (κ1) is 15.1. The number of hydrogen-bond acceptors (Lipinski definition) is 5. The molecule has 4 aliphatic carbocycles. The summed E-state index contributed by atoms with van der Waals surface area (Å²) in [6.45, 7) is 0.992. The van der Waals surface area contributed by atoms with Crippen LogP contribution in [0.3, 0.4) is 0 Å². The third-order valence-electron chi connectivity index (χ3n) is 8.23. The Hall–Kier alpha value is -2.03. The highest BCUT2D eigenvalue weighted by molar-refractivity contribution is 5.65. The van der Waals surface area contributed by atoms with Crippen molar-refractivity contribution in [2.45, 2.75) is 42.4 Å². The molecule has 0 unspecified atom stereocenters. The van der Waals surface area contributed by atoms with E-state index in [0.29, 0.717) is 11.8 Å². The average molecular weight is 350 g/mol. The molecule has 0 amide bonds. The quantitative estimate of drug-likeness (QED) is 0.786. The number of benzene rings is 1. The number of phenols is 1. The zero-order valence-corrected chi connectivity index (χ0v) is 15.0. The van der Waals surface area contributed by atoms with Crippen LogP contribution in [-0.4, -0.2) is 48.5 Å². The second kappa shape index (κ2) is 4.27. The van der Waals surface area contributed by atoms with Crippen LogP contribution in [-0.2, 0) is 16.6 Å². The minimum absolute atomic E-state index is 0.141. The van der Waals surface area contributed by atoms with Gasteiger partial charge in [0, 0.05) is 24.1 Å². The number of phenolic OH excluding ortho intramolecular Hbond substituents is 1. The van der Waals surface area contributed by atoms with E-state index in [2.05, 4.69) is 36.2 Å². The number of likely N-dealkylation sites (tertiary alicyclic amines) is 1. The number of methoxy groups -OCH3 is 1. The van der Waals surface area contributed by atoms with E-state index < -0.39 is 5.60 Å². The Kier molecular flexibility index (Phi) is 2.47. The van der Waals surface area contributed by atoms with Gasteiger partial charge in [-0.25, -0.2) is 0 Å². The van der Waals surface area contributed by atoms with Gasteiger partial charge in [-0.05, 0) is 44.5 Å². The van der Waals surface area contributed by atoms with Gasteiger partial charge in [-0.15, -0.1) is 0 Å². The zero-order valence-electron chi connectivity index (χ0n) is 15.0. The molecule has 2 aliphatic heterocycles. The zero-order chi connectivity index (χ0) is 17.9. The molecule has 5 nitrogen and oxygen atoms in total. The lowest BCUT2D eigenvalue weighted by Gasteiger charge is -2.70. The van der Waals surface area contributed by atoms with Crippen LogP contribution in [0.2, 0.25) is 0 Å². The van der Waals surface area contributed by atoms with Crippen molar-refractivity contribution in [1.29, 1.82) is 5.26 Å². The molecule has 6 atom stereocenters. The van der Waals surface area contributed by atoms with E-state index in [-0.39, 0.29) is 28.6 Å². The second-order valence-electron chi connectivity index (χ2n) is 8.68. The number of rotatable bonds is 1. The normalized spacial score (nSPS) is 46.6. The third-order valence-corrected chi connectivity index (χ3v) is 8.23. The fourth-order valence-electron chi connectivity index (χ4n) is 7.20. The van der Waals surface area contributed by atoms with Crippen LogP contribution in [0.15, 0.2) is 24.3 Å². The fourth-order valence-corrected chi connectivity index (χ4v) is 7.20. The molecule has 2 fully saturated rings. The molecule has 7 rings (SSSR count). The molecule has 1 saturated heterocycles. The topological polar surface area (TPSA) is 65.7 Å². The van der Waals surface area contributed by atoms with Crippen LogP contribution in [0.5, 0.6) is 11.5 Å². The molecule has 1 saturated carbocycles. The highest BCUT2D eigenvalue weighted by Crippen LogP contribution is 2.74. The Morgan fingerprint density at radius 2 is 2.23 bits per heavy atom. The van der Waals surface area contributed by atoms with Crippen LogP contribution in [0.4, 0.5) is 0 Å². The predicted molar refractivity (Wildman–Crippen MR) is 94.0 cm³/mol. The Labute approximate surface area is 152 Å². The lowest BCUT2D eigenvalue weighted by Crippen LogP contribution is -2.78. The van der Waals surface area contributed by atoms with Crippen LogP contribution >= 0.6 is 0 Å². The minimum atomic E-state index is -0.753. The van der Waals surface area contributed by atoms with Crippen molar-refractivity contribution in [3.63, 3.8) is 0 Å². The van der Waals surface area contributed by atoms with E-state index in [0.717, 1.165) is 25.8 Å². The van der Waals surface area contributed by atoms with Crippen molar-refractivity contribution >= 4 is 0 Å². The standard InChI is InChI=1S/C21H22N2O3/c1-23-8-7-20-16-12-3-4-14(24)17(16)26-18(20)21(25-2)6-5-19(20,15(23)9-12)10-13(21)11-22/h3-6,13,15,18,24H,7-10H2,1-2H3/t13-,15-,18-,19-,20+,21-/m1/s1. The van der Waals surface area contributed by atoms with Crippen molar-refractivity contribution in [2.75, 3.05) is 20.7 Å². The first-order valence-electron chi connectivity index (χ1n) is 9.41. The van der Waals surface area contributed by atoms with Gasteiger partial charge in [-0.2, -0.15) is 5.26 Å². The first-order chi connectivity index (χ1) is 12.5. The number of aromatic hydroxyl groups is 1. The van der Waals surface area contributed by atoms with Gasteiger partial charge in [-0.3, -0.25) is 0 Å². The van der Waals surface area contributed by atoms with Crippen LogP contribution < -0.4 is 4.74 Å². The van der Waals surface area contributed by atoms with Crippen molar-refractivity contribution in [3.8, 4) is 17.6 Å². The Morgan fingerprint density at radius 3 is 3.00 bits per heavy atom. The second-order valence-corrected chi connectivity index (χ2v) is 8.68. The predicted octanol–water partition coefficient (Wildman–Crippen LogP) is 2.14. The maximum atomic E-state index is 10.6. The summed E-state index contributed by atoms with van der Waals surface area (Å²) >= 11 is 0. The van der Waals surface area contributed by atoms with Gasteiger partial charge in [0.25, 0.3) is 0 Å². The third kappa shape index (κ3) is 1.22. The van der Waals surface area contributed by atoms with Crippen molar-refractivity contribution in [1.82, 2.24) is 4.90 Å². The Balaban J connectivity index is 1.75. The van der Waals surface area contributed by atoms with Gasteiger partial charge < -0.3 is 19.5 Å². The maximum absolute atomic E-state index is 10.6. The monoisotopic (exact) mass is 350 g/mol. The van der Waals surface area contributed by atoms with Crippen LogP contribution in [0.25, 0.3) is 0 Å². The SMILES string of the molecule is CO[C@]12C=C[C@@]3(C[C@@H]1C#N)[C@H]1Cc4ccc(O)c5c4[C@@]3(CCN1C)[C@H]2O5. The molecule has 1 N–H and O–H groups in total.